The van der Waals surface area contributed by atoms with E-state index in [1.165, 1.54) is 0 Å². The summed E-state index contributed by atoms with van der Waals surface area (Å²) in [4.78, 5) is 0. The first-order valence-corrected chi connectivity index (χ1v) is 4.30. The third-order valence-corrected chi connectivity index (χ3v) is 2.07. The highest BCUT2D eigenvalue weighted by Gasteiger charge is 2.34. The van der Waals surface area contributed by atoms with Crippen molar-refractivity contribution in [2.24, 2.45) is 0 Å². The summed E-state index contributed by atoms with van der Waals surface area (Å²) >= 11 is 0. The molecule has 0 heterocycles. The van der Waals surface area contributed by atoms with Gasteiger partial charge in [-0.25, -0.2) is 0 Å². The molecule has 1 aromatic carbocycles. The molecular formula is C10H10F4O2. The minimum Gasteiger partial charge on any atom is -0.320 e. The SMILES string of the molecule is COC(F)(F)c1ccc(C(F)(F)OC)cc1. The number of alkyl halides is 4. The molecule has 0 amide bonds. The van der Waals surface area contributed by atoms with E-state index < -0.39 is 23.3 Å². The summed E-state index contributed by atoms with van der Waals surface area (Å²) in [6, 6.07) is 3.47. The van der Waals surface area contributed by atoms with Crippen molar-refractivity contribution in [1.29, 1.82) is 0 Å². The van der Waals surface area contributed by atoms with Gasteiger partial charge in [-0.3, -0.25) is 0 Å². The number of ether oxygens (including phenoxy) is 2. The Morgan fingerprint density at radius 3 is 1.19 bits per heavy atom. The molecule has 6 heteroatoms. The Balaban J connectivity index is 3.00. The van der Waals surface area contributed by atoms with E-state index in [4.69, 9.17) is 0 Å². The average Bonchev–Trinajstić information content (AvgIpc) is 2.29. The molecule has 1 aromatic rings. The molecule has 0 saturated heterocycles. The van der Waals surface area contributed by atoms with Crippen LogP contribution in [0.3, 0.4) is 0 Å². The number of hydrogen-bond donors (Lipinski definition) is 0. The molecule has 0 aromatic heterocycles. The van der Waals surface area contributed by atoms with Crippen molar-refractivity contribution in [3.8, 4) is 0 Å². The third-order valence-electron chi connectivity index (χ3n) is 2.07. The second kappa shape index (κ2) is 4.39. The van der Waals surface area contributed by atoms with E-state index in [-0.39, 0.29) is 0 Å². The van der Waals surface area contributed by atoms with Crippen molar-refractivity contribution in [1.82, 2.24) is 0 Å². The van der Waals surface area contributed by atoms with Gasteiger partial charge in [-0.05, 0) is 24.3 Å². The first-order chi connectivity index (χ1) is 7.33. The number of halogens is 4. The van der Waals surface area contributed by atoms with Crippen LogP contribution in [-0.2, 0) is 21.7 Å². The van der Waals surface area contributed by atoms with Crippen molar-refractivity contribution in [3.63, 3.8) is 0 Å². The van der Waals surface area contributed by atoms with Gasteiger partial charge in [0.05, 0.1) is 11.1 Å². The summed E-state index contributed by atoms with van der Waals surface area (Å²) < 4.78 is 59.7. The fourth-order valence-electron chi connectivity index (χ4n) is 1.09. The van der Waals surface area contributed by atoms with Crippen LogP contribution >= 0.6 is 0 Å². The fourth-order valence-corrected chi connectivity index (χ4v) is 1.09. The van der Waals surface area contributed by atoms with E-state index >= 15 is 0 Å². The molecule has 0 N–H and O–H groups in total. The van der Waals surface area contributed by atoms with Crippen LogP contribution in [0.15, 0.2) is 24.3 Å². The zero-order valence-corrected chi connectivity index (χ0v) is 8.64. The zero-order valence-electron chi connectivity index (χ0n) is 8.64. The Labute approximate surface area is 89.8 Å². The molecule has 16 heavy (non-hydrogen) atoms. The van der Waals surface area contributed by atoms with Crippen LogP contribution in [0.1, 0.15) is 11.1 Å². The summed E-state index contributed by atoms with van der Waals surface area (Å²) in [5, 5.41) is 0. The summed E-state index contributed by atoms with van der Waals surface area (Å²) in [6.07, 6.45) is -6.97. The Kier molecular flexibility index (Phi) is 3.54. The lowest BCUT2D eigenvalue weighted by Gasteiger charge is -2.17. The quantitative estimate of drug-likeness (QED) is 0.750. The van der Waals surface area contributed by atoms with Crippen molar-refractivity contribution >= 4 is 0 Å². The highest BCUT2D eigenvalue weighted by atomic mass is 19.3. The third kappa shape index (κ3) is 2.51. The maximum atomic E-state index is 13.0. The maximum absolute atomic E-state index is 13.0. The molecule has 0 spiro atoms. The second-order valence-electron chi connectivity index (χ2n) is 3.02. The van der Waals surface area contributed by atoms with Gasteiger partial charge in [0.2, 0.25) is 0 Å². The summed E-state index contributed by atoms with van der Waals surface area (Å²) in [5.74, 6) is 0. The Bertz CT molecular complexity index is 313. The molecule has 0 aliphatic carbocycles. The molecule has 0 aliphatic rings. The molecule has 90 valence electrons. The smallest absolute Gasteiger partial charge is 0.320 e. The summed E-state index contributed by atoms with van der Waals surface area (Å²) in [5.41, 5.74) is -0.990. The van der Waals surface area contributed by atoms with Crippen LogP contribution in [-0.4, -0.2) is 14.2 Å². The molecule has 2 nitrogen and oxygen atoms in total. The minimum atomic E-state index is -3.49. The Hall–Kier alpha value is -1.14. The number of methoxy groups -OCH3 is 2. The largest absolute Gasteiger partial charge is 0.383 e. The fraction of sp³-hybridized carbons (Fsp3) is 0.400. The Morgan fingerprint density at radius 1 is 0.750 bits per heavy atom. The van der Waals surface area contributed by atoms with Gasteiger partial charge in [-0.1, -0.05) is 0 Å². The molecule has 0 radical (unpaired) electrons. The van der Waals surface area contributed by atoms with Crippen molar-refractivity contribution in [2.75, 3.05) is 14.2 Å². The van der Waals surface area contributed by atoms with E-state index in [0.29, 0.717) is 0 Å². The van der Waals surface area contributed by atoms with Crippen LogP contribution in [0.2, 0.25) is 0 Å². The van der Waals surface area contributed by atoms with Crippen molar-refractivity contribution in [3.05, 3.63) is 35.4 Å². The van der Waals surface area contributed by atoms with Gasteiger partial charge >= 0.3 is 12.2 Å². The molecular weight excluding hydrogens is 228 g/mol. The summed E-state index contributed by atoms with van der Waals surface area (Å²) in [6.45, 7) is 0. The van der Waals surface area contributed by atoms with Crippen LogP contribution in [0.4, 0.5) is 17.6 Å². The van der Waals surface area contributed by atoms with Gasteiger partial charge in [0.15, 0.2) is 0 Å². The molecule has 0 bridgehead atoms. The predicted octanol–water partition coefficient (Wildman–Crippen LogP) is 3.08. The normalized spacial score (nSPS) is 12.9. The van der Waals surface area contributed by atoms with Gasteiger partial charge in [0.1, 0.15) is 0 Å². The predicted molar refractivity (Wildman–Crippen MR) is 48.2 cm³/mol. The van der Waals surface area contributed by atoms with Crippen molar-refractivity contribution < 1.29 is 27.0 Å². The first kappa shape index (κ1) is 12.9. The zero-order chi connectivity index (χ0) is 12.4. The molecule has 1 rings (SSSR count). The lowest BCUT2D eigenvalue weighted by atomic mass is 10.1. The standard InChI is InChI=1S/C10H10F4O2/c1-15-9(11,12)7-3-5-8(6-4-7)10(13,14)16-2/h3-6H,1-2H3. The van der Waals surface area contributed by atoms with Crippen LogP contribution in [0.5, 0.6) is 0 Å². The average molecular weight is 238 g/mol. The molecule has 0 saturated carbocycles. The lowest BCUT2D eigenvalue weighted by Crippen LogP contribution is -2.18. The van der Waals surface area contributed by atoms with Crippen LogP contribution in [0, 0.1) is 0 Å². The molecule has 0 atom stereocenters. The number of rotatable bonds is 4. The lowest BCUT2D eigenvalue weighted by molar-refractivity contribution is -0.234. The van der Waals surface area contributed by atoms with Gasteiger partial charge in [-0.15, -0.1) is 0 Å². The molecule has 0 aliphatic heterocycles. The van der Waals surface area contributed by atoms with Crippen molar-refractivity contribution in [2.45, 2.75) is 12.2 Å². The highest BCUT2D eigenvalue weighted by molar-refractivity contribution is 5.26. The van der Waals surface area contributed by atoms with Gasteiger partial charge in [0.25, 0.3) is 0 Å². The van der Waals surface area contributed by atoms with E-state index in [0.717, 1.165) is 38.5 Å². The second-order valence-corrected chi connectivity index (χ2v) is 3.02. The van der Waals surface area contributed by atoms with Gasteiger partial charge in [-0.2, -0.15) is 17.6 Å². The van der Waals surface area contributed by atoms with E-state index in [1.807, 2.05) is 0 Å². The highest BCUT2D eigenvalue weighted by Crippen LogP contribution is 2.32. The molecule has 0 unspecified atom stereocenters. The monoisotopic (exact) mass is 238 g/mol. The van der Waals surface area contributed by atoms with E-state index in [9.17, 15) is 17.6 Å². The summed E-state index contributed by atoms with van der Waals surface area (Å²) in [7, 11) is 1.66. The minimum absolute atomic E-state index is 0.495. The number of hydrogen-bond acceptors (Lipinski definition) is 2. The number of benzene rings is 1. The Morgan fingerprint density at radius 2 is 1.00 bits per heavy atom. The molecule has 0 fully saturated rings. The van der Waals surface area contributed by atoms with E-state index in [2.05, 4.69) is 9.47 Å². The van der Waals surface area contributed by atoms with Crippen LogP contribution < -0.4 is 0 Å². The van der Waals surface area contributed by atoms with E-state index in [1.54, 1.807) is 0 Å². The van der Waals surface area contributed by atoms with Gasteiger partial charge in [0, 0.05) is 14.2 Å². The van der Waals surface area contributed by atoms with Crippen LogP contribution in [0.25, 0.3) is 0 Å². The maximum Gasteiger partial charge on any atom is 0.383 e. The first-order valence-electron chi connectivity index (χ1n) is 4.30. The van der Waals surface area contributed by atoms with Gasteiger partial charge < -0.3 is 9.47 Å². The topological polar surface area (TPSA) is 18.5 Å².